The molecule has 0 saturated heterocycles. The van der Waals surface area contributed by atoms with Crippen molar-refractivity contribution in [2.75, 3.05) is 26.7 Å². The summed E-state index contributed by atoms with van der Waals surface area (Å²) < 4.78 is 0. The molecule has 1 aliphatic rings. The lowest BCUT2D eigenvalue weighted by molar-refractivity contribution is 0.284. The molecular weight excluding hydrogens is 244 g/mol. The second-order valence-corrected chi connectivity index (χ2v) is 6.18. The number of hydrogen-bond donors (Lipinski definition) is 1. The Labute approximate surface area is 124 Å². The van der Waals surface area contributed by atoms with Crippen LogP contribution in [0.15, 0.2) is 30.3 Å². The topological polar surface area (TPSA) is 15.3 Å². The number of likely N-dealkylation sites (N-methyl/N-ethyl adjacent to an activating group) is 1. The van der Waals surface area contributed by atoms with Gasteiger partial charge in [-0.15, -0.1) is 0 Å². The van der Waals surface area contributed by atoms with Crippen molar-refractivity contribution in [3.8, 4) is 0 Å². The van der Waals surface area contributed by atoms with Crippen molar-refractivity contribution in [1.82, 2.24) is 10.2 Å². The fraction of sp³-hybridized carbons (Fsp3) is 0.667. The van der Waals surface area contributed by atoms with E-state index < -0.39 is 0 Å². The van der Waals surface area contributed by atoms with Crippen molar-refractivity contribution in [2.45, 2.75) is 45.1 Å². The van der Waals surface area contributed by atoms with E-state index in [0.717, 1.165) is 18.5 Å². The summed E-state index contributed by atoms with van der Waals surface area (Å²) in [4.78, 5) is 2.49. The molecule has 2 unspecified atom stereocenters. The summed E-state index contributed by atoms with van der Waals surface area (Å²) in [5.74, 6) is 0.897. The minimum atomic E-state index is 0.780. The molecule has 0 aromatic heterocycles. The summed E-state index contributed by atoms with van der Waals surface area (Å²) in [6, 6.07) is 11.6. The first-order chi connectivity index (χ1) is 9.79. The maximum atomic E-state index is 3.66. The first-order valence-corrected chi connectivity index (χ1v) is 8.25. The van der Waals surface area contributed by atoms with Crippen LogP contribution >= 0.6 is 0 Å². The Bertz CT molecular complexity index is 363. The van der Waals surface area contributed by atoms with Crippen LogP contribution in [-0.2, 0) is 6.42 Å². The van der Waals surface area contributed by atoms with Gasteiger partial charge in [0.1, 0.15) is 0 Å². The Hall–Kier alpha value is -0.860. The lowest BCUT2D eigenvalue weighted by Gasteiger charge is -2.23. The van der Waals surface area contributed by atoms with Crippen LogP contribution in [0.4, 0.5) is 0 Å². The van der Waals surface area contributed by atoms with Gasteiger partial charge in [0.25, 0.3) is 0 Å². The van der Waals surface area contributed by atoms with E-state index in [1.54, 1.807) is 0 Å². The number of hydrogen-bond acceptors (Lipinski definition) is 2. The molecule has 1 fully saturated rings. The van der Waals surface area contributed by atoms with E-state index in [1.807, 2.05) is 0 Å². The Morgan fingerprint density at radius 1 is 1.15 bits per heavy atom. The second kappa shape index (κ2) is 8.43. The maximum Gasteiger partial charge on any atom is 0.00956 e. The lowest BCUT2D eigenvalue weighted by atomic mass is 9.99. The fourth-order valence-corrected chi connectivity index (χ4v) is 3.38. The SMILES string of the molecule is CCNC1CCCC1CCN(C)CCc1ccccc1. The van der Waals surface area contributed by atoms with Crippen LogP contribution in [0.2, 0.25) is 0 Å². The normalized spacial score (nSPS) is 22.6. The Kier molecular flexibility index (Phi) is 6.55. The van der Waals surface area contributed by atoms with Crippen LogP contribution in [0.3, 0.4) is 0 Å². The van der Waals surface area contributed by atoms with Crippen LogP contribution in [0, 0.1) is 5.92 Å². The molecule has 0 amide bonds. The van der Waals surface area contributed by atoms with E-state index in [4.69, 9.17) is 0 Å². The molecule has 0 spiro atoms. The summed E-state index contributed by atoms with van der Waals surface area (Å²) >= 11 is 0. The molecular formula is C18H30N2. The van der Waals surface area contributed by atoms with Gasteiger partial charge in [0.2, 0.25) is 0 Å². The van der Waals surface area contributed by atoms with Gasteiger partial charge in [-0.2, -0.15) is 0 Å². The van der Waals surface area contributed by atoms with Gasteiger partial charge in [-0.3, -0.25) is 0 Å². The molecule has 1 N–H and O–H groups in total. The van der Waals surface area contributed by atoms with Gasteiger partial charge in [0.15, 0.2) is 0 Å². The number of nitrogens with zero attached hydrogens (tertiary/aromatic N) is 1. The zero-order valence-electron chi connectivity index (χ0n) is 13.1. The molecule has 0 heterocycles. The summed E-state index contributed by atoms with van der Waals surface area (Å²) in [6.07, 6.45) is 6.73. The van der Waals surface area contributed by atoms with Crippen LogP contribution in [-0.4, -0.2) is 37.6 Å². The molecule has 0 bridgehead atoms. The maximum absolute atomic E-state index is 3.66. The van der Waals surface area contributed by atoms with Gasteiger partial charge in [0, 0.05) is 12.6 Å². The van der Waals surface area contributed by atoms with E-state index in [0.29, 0.717) is 0 Å². The molecule has 112 valence electrons. The molecule has 2 rings (SSSR count). The van der Waals surface area contributed by atoms with Crippen molar-refractivity contribution in [3.05, 3.63) is 35.9 Å². The molecule has 1 aliphatic carbocycles. The molecule has 1 aromatic carbocycles. The van der Waals surface area contributed by atoms with E-state index >= 15 is 0 Å². The predicted octanol–water partition coefficient (Wildman–Crippen LogP) is 3.33. The molecule has 1 aromatic rings. The van der Waals surface area contributed by atoms with E-state index in [2.05, 4.69) is 54.5 Å². The van der Waals surface area contributed by atoms with Gasteiger partial charge < -0.3 is 10.2 Å². The van der Waals surface area contributed by atoms with Gasteiger partial charge in [-0.25, -0.2) is 0 Å². The van der Waals surface area contributed by atoms with Crippen LogP contribution in [0.1, 0.15) is 38.2 Å². The molecule has 2 heteroatoms. The van der Waals surface area contributed by atoms with Gasteiger partial charge in [-0.05, 0) is 57.3 Å². The monoisotopic (exact) mass is 274 g/mol. The molecule has 20 heavy (non-hydrogen) atoms. The minimum absolute atomic E-state index is 0.780. The number of nitrogens with one attached hydrogen (secondary N) is 1. The number of rotatable bonds is 8. The first kappa shape index (κ1) is 15.5. The van der Waals surface area contributed by atoms with Gasteiger partial charge in [-0.1, -0.05) is 43.7 Å². The van der Waals surface area contributed by atoms with Crippen molar-refractivity contribution in [2.24, 2.45) is 5.92 Å². The molecule has 0 radical (unpaired) electrons. The minimum Gasteiger partial charge on any atom is -0.314 e. The van der Waals surface area contributed by atoms with Gasteiger partial charge >= 0.3 is 0 Å². The molecule has 0 aliphatic heterocycles. The second-order valence-electron chi connectivity index (χ2n) is 6.18. The highest BCUT2D eigenvalue weighted by molar-refractivity contribution is 5.14. The number of benzene rings is 1. The zero-order chi connectivity index (χ0) is 14.2. The quantitative estimate of drug-likeness (QED) is 0.782. The summed E-state index contributed by atoms with van der Waals surface area (Å²) in [6.45, 7) is 5.74. The van der Waals surface area contributed by atoms with Crippen molar-refractivity contribution >= 4 is 0 Å². The first-order valence-electron chi connectivity index (χ1n) is 8.25. The predicted molar refractivity (Wildman–Crippen MR) is 87.1 cm³/mol. The lowest BCUT2D eigenvalue weighted by Crippen LogP contribution is -2.34. The highest BCUT2D eigenvalue weighted by atomic mass is 15.1. The fourth-order valence-electron chi connectivity index (χ4n) is 3.38. The molecule has 2 atom stereocenters. The van der Waals surface area contributed by atoms with E-state index in [9.17, 15) is 0 Å². The standard InChI is InChI=1S/C18H30N2/c1-3-19-18-11-7-10-17(18)13-15-20(2)14-12-16-8-5-4-6-9-16/h4-6,8-9,17-19H,3,7,10-15H2,1-2H3. The average molecular weight is 274 g/mol. The zero-order valence-corrected chi connectivity index (χ0v) is 13.1. The van der Waals surface area contributed by atoms with Crippen LogP contribution < -0.4 is 5.32 Å². The van der Waals surface area contributed by atoms with Crippen molar-refractivity contribution in [1.29, 1.82) is 0 Å². The summed E-state index contributed by atoms with van der Waals surface area (Å²) in [7, 11) is 2.26. The highest BCUT2D eigenvalue weighted by Gasteiger charge is 2.25. The Morgan fingerprint density at radius 3 is 2.70 bits per heavy atom. The van der Waals surface area contributed by atoms with Gasteiger partial charge in [0.05, 0.1) is 0 Å². The smallest absolute Gasteiger partial charge is 0.00956 e. The Balaban J connectivity index is 1.66. The third kappa shape index (κ3) is 4.92. The molecule has 1 saturated carbocycles. The molecule has 2 nitrogen and oxygen atoms in total. The van der Waals surface area contributed by atoms with Crippen molar-refractivity contribution < 1.29 is 0 Å². The highest BCUT2D eigenvalue weighted by Crippen LogP contribution is 2.28. The van der Waals surface area contributed by atoms with E-state index in [-0.39, 0.29) is 0 Å². The Morgan fingerprint density at radius 2 is 1.95 bits per heavy atom. The average Bonchev–Trinajstić information content (AvgIpc) is 2.92. The van der Waals surface area contributed by atoms with Crippen LogP contribution in [0.25, 0.3) is 0 Å². The van der Waals surface area contributed by atoms with Crippen LogP contribution in [0.5, 0.6) is 0 Å². The summed E-state index contributed by atoms with van der Waals surface area (Å²) in [5, 5.41) is 3.66. The summed E-state index contributed by atoms with van der Waals surface area (Å²) in [5.41, 5.74) is 1.45. The third-order valence-corrected chi connectivity index (χ3v) is 4.63. The largest absolute Gasteiger partial charge is 0.314 e. The van der Waals surface area contributed by atoms with Crippen molar-refractivity contribution in [3.63, 3.8) is 0 Å². The van der Waals surface area contributed by atoms with E-state index in [1.165, 1.54) is 50.8 Å². The third-order valence-electron chi connectivity index (χ3n) is 4.63.